The van der Waals surface area contributed by atoms with Gasteiger partial charge in [0.15, 0.2) is 0 Å². The lowest BCUT2D eigenvalue weighted by atomic mass is 10.1. The van der Waals surface area contributed by atoms with Crippen LogP contribution in [0.15, 0.2) is 40.9 Å². The van der Waals surface area contributed by atoms with E-state index in [0.717, 1.165) is 12.1 Å². The fourth-order valence-electron chi connectivity index (χ4n) is 1.83. The number of alkyl halides is 1. The second-order valence-electron chi connectivity index (χ2n) is 4.18. The minimum Gasteiger partial charge on any atom is -0.338 e. The van der Waals surface area contributed by atoms with E-state index >= 15 is 0 Å². The summed E-state index contributed by atoms with van der Waals surface area (Å²) in [7, 11) is 0. The maximum Gasteiger partial charge on any atom is 0.241 e. The van der Waals surface area contributed by atoms with Crippen LogP contribution in [0.1, 0.15) is 5.89 Å². The summed E-state index contributed by atoms with van der Waals surface area (Å²) in [6.45, 7) is 0. The van der Waals surface area contributed by atoms with Crippen molar-refractivity contribution >= 4 is 11.6 Å². The highest BCUT2D eigenvalue weighted by Crippen LogP contribution is 2.25. The molecule has 4 nitrogen and oxygen atoms in total. The Bertz CT molecular complexity index is 791. The molecule has 1 aromatic carbocycles. The van der Waals surface area contributed by atoms with Crippen molar-refractivity contribution in [1.29, 1.82) is 0 Å². The molecular weight excluding hydrogens is 300 g/mol. The second-order valence-corrected chi connectivity index (χ2v) is 4.45. The Morgan fingerprint density at radius 1 is 1.05 bits per heavy atom. The van der Waals surface area contributed by atoms with Gasteiger partial charge in [-0.15, -0.1) is 11.6 Å². The van der Waals surface area contributed by atoms with E-state index in [2.05, 4.69) is 15.1 Å². The van der Waals surface area contributed by atoms with Gasteiger partial charge in [-0.05, 0) is 12.1 Å². The van der Waals surface area contributed by atoms with E-state index in [1.165, 1.54) is 12.1 Å². The summed E-state index contributed by atoms with van der Waals surface area (Å²) >= 11 is 5.57. The van der Waals surface area contributed by atoms with Crippen LogP contribution in [0.3, 0.4) is 0 Å². The molecule has 0 bridgehead atoms. The molecule has 0 aliphatic heterocycles. The maximum atomic E-state index is 13.8. The van der Waals surface area contributed by atoms with Crippen molar-refractivity contribution < 1.29 is 13.3 Å². The Morgan fingerprint density at radius 3 is 2.52 bits per heavy atom. The highest BCUT2D eigenvalue weighted by atomic mass is 35.5. The summed E-state index contributed by atoms with van der Waals surface area (Å²) in [4.78, 5) is 8.14. The molecule has 0 saturated carbocycles. The van der Waals surface area contributed by atoms with Crippen molar-refractivity contribution in [1.82, 2.24) is 15.1 Å². The molecule has 0 fully saturated rings. The number of halogens is 3. The lowest BCUT2D eigenvalue weighted by Crippen LogP contribution is -1.94. The summed E-state index contributed by atoms with van der Waals surface area (Å²) in [5.41, 5.74) is 0.494. The lowest BCUT2D eigenvalue weighted by molar-refractivity contribution is 0.391. The zero-order chi connectivity index (χ0) is 14.8. The maximum absolute atomic E-state index is 13.8. The van der Waals surface area contributed by atoms with E-state index in [-0.39, 0.29) is 34.5 Å². The fraction of sp³-hybridized carbons (Fsp3) is 0.0714. The highest BCUT2D eigenvalue weighted by molar-refractivity contribution is 6.16. The van der Waals surface area contributed by atoms with Gasteiger partial charge in [-0.3, -0.25) is 0 Å². The predicted octanol–water partition coefficient (Wildman–Crippen LogP) is 3.82. The Labute approximate surface area is 123 Å². The Hall–Kier alpha value is -2.34. The number of benzene rings is 1. The van der Waals surface area contributed by atoms with Gasteiger partial charge >= 0.3 is 0 Å². The van der Waals surface area contributed by atoms with E-state index in [1.807, 2.05) is 0 Å². The third-order valence-electron chi connectivity index (χ3n) is 2.75. The fourth-order valence-corrected chi connectivity index (χ4v) is 1.94. The molecule has 0 aliphatic rings. The quantitative estimate of drug-likeness (QED) is 0.690. The summed E-state index contributed by atoms with van der Waals surface area (Å²) < 4.78 is 32.4. The van der Waals surface area contributed by atoms with E-state index < -0.39 is 11.6 Å². The average molecular weight is 308 g/mol. The van der Waals surface area contributed by atoms with Crippen LogP contribution in [0, 0.1) is 11.6 Å². The largest absolute Gasteiger partial charge is 0.338 e. The van der Waals surface area contributed by atoms with Crippen LogP contribution in [0.25, 0.3) is 22.8 Å². The minimum atomic E-state index is -0.574. The molecular formula is C14H8ClF2N3O. The summed E-state index contributed by atoms with van der Waals surface area (Å²) in [5.74, 6) is -0.720. The summed E-state index contributed by atoms with van der Waals surface area (Å²) in [6, 6.07) is 8.27. The van der Waals surface area contributed by atoms with Crippen molar-refractivity contribution in [3.05, 3.63) is 53.9 Å². The first-order valence-electron chi connectivity index (χ1n) is 5.99. The van der Waals surface area contributed by atoms with Crippen LogP contribution in [0.5, 0.6) is 0 Å². The van der Waals surface area contributed by atoms with Gasteiger partial charge in [-0.2, -0.15) is 4.98 Å². The van der Waals surface area contributed by atoms with Crippen LogP contribution < -0.4 is 0 Å². The molecule has 3 rings (SSSR count). The molecule has 3 aromatic rings. The van der Waals surface area contributed by atoms with Crippen molar-refractivity contribution in [2.45, 2.75) is 5.88 Å². The molecule has 0 unspecified atom stereocenters. The molecule has 0 saturated heterocycles. The molecule has 7 heteroatoms. The van der Waals surface area contributed by atoms with E-state index in [4.69, 9.17) is 16.1 Å². The molecule has 2 heterocycles. The number of hydrogen-bond donors (Lipinski definition) is 0. The summed E-state index contributed by atoms with van der Waals surface area (Å²) in [5, 5.41) is 3.66. The lowest BCUT2D eigenvalue weighted by Gasteiger charge is -2.04. The molecule has 0 amide bonds. The van der Waals surface area contributed by atoms with Gasteiger partial charge in [0.1, 0.15) is 23.2 Å². The van der Waals surface area contributed by atoms with Crippen LogP contribution in [-0.2, 0) is 5.88 Å². The van der Waals surface area contributed by atoms with Gasteiger partial charge in [-0.25, -0.2) is 13.8 Å². The van der Waals surface area contributed by atoms with Crippen LogP contribution in [0.4, 0.5) is 8.78 Å². The monoisotopic (exact) mass is 307 g/mol. The number of aromatic nitrogens is 3. The van der Waals surface area contributed by atoms with Crippen LogP contribution in [-0.4, -0.2) is 15.1 Å². The number of pyridine rings is 1. The zero-order valence-electron chi connectivity index (χ0n) is 10.6. The summed E-state index contributed by atoms with van der Waals surface area (Å²) in [6.07, 6.45) is 0. The first-order chi connectivity index (χ1) is 10.2. The molecule has 21 heavy (non-hydrogen) atoms. The molecule has 106 valence electrons. The standard InChI is InChI=1S/C14H8ClF2N3O/c15-7-13-19-14(20-21-13)12-6-8(16)5-11(18-12)9-3-1-2-4-10(9)17/h1-6H,7H2. The van der Waals surface area contributed by atoms with E-state index in [0.29, 0.717) is 0 Å². The normalized spacial score (nSPS) is 10.8. The van der Waals surface area contributed by atoms with Gasteiger partial charge in [0.05, 0.1) is 5.69 Å². The van der Waals surface area contributed by atoms with Gasteiger partial charge in [-0.1, -0.05) is 17.3 Å². The molecule has 0 atom stereocenters. The van der Waals surface area contributed by atoms with Gasteiger partial charge in [0.2, 0.25) is 11.7 Å². The first-order valence-corrected chi connectivity index (χ1v) is 6.52. The van der Waals surface area contributed by atoms with Gasteiger partial charge < -0.3 is 4.52 Å². The number of nitrogens with zero attached hydrogens (tertiary/aromatic N) is 3. The first kappa shape index (κ1) is 13.6. The van der Waals surface area contributed by atoms with Crippen LogP contribution in [0.2, 0.25) is 0 Å². The molecule has 0 N–H and O–H groups in total. The smallest absolute Gasteiger partial charge is 0.241 e. The third-order valence-corrected chi connectivity index (χ3v) is 2.98. The van der Waals surface area contributed by atoms with Crippen molar-refractivity contribution in [3.63, 3.8) is 0 Å². The molecule has 0 aliphatic carbocycles. The molecule has 2 aromatic heterocycles. The van der Waals surface area contributed by atoms with Crippen molar-refractivity contribution in [3.8, 4) is 22.8 Å². The van der Waals surface area contributed by atoms with Crippen molar-refractivity contribution in [2.75, 3.05) is 0 Å². The molecule has 0 spiro atoms. The minimum absolute atomic E-state index is 0.0441. The Kier molecular flexibility index (Phi) is 3.62. The van der Waals surface area contributed by atoms with E-state index in [9.17, 15) is 8.78 Å². The predicted molar refractivity (Wildman–Crippen MR) is 72.4 cm³/mol. The Morgan fingerprint density at radius 2 is 1.81 bits per heavy atom. The Balaban J connectivity index is 2.10. The number of hydrogen-bond acceptors (Lipinski definition) is 4. The topological polar surface area (TPSA) is 51.8 Å². The number of rotatable bonds is 3. The second kappa shape index (κ2) is 5.57. The zero-order valence-corrected chi connectivity index (χ0v) is 11.3. The third kappa shape index (κ3) is 2.75. The molecule has 0 radical (unpaired) electrons. The van der Waals surface area contributed by atoms with Crippen molar-refractivity contribution in [2.24, 2.45) is 0 Å². The van der Waals surface area contributed by atoms with Crippen LogP contribution >= 0.6 is 11.6 Å². The SMILES string of the molecule is Fc1cc(-c2noc(CCl)n2)nc(-c2ccccc2F)c1. The average Bonchev–Trinajstić information content (AvgIpc) is 2.96. The highest BCUT2D eigenvalue weighted by Gasteiger charge is 2.14. The van der Waals surface area contributed by atoms with E-state index in [1.54, 1.807) is 12.1 Å². The van der Waals surface area contributed by atoms with Gasteiger partial charge in [0.25, 0.3) is 0 Å². The van der Waals surface area contributed by atoms with Gasteiger partial charge in [0, 0.05) is 17.7 Å².